The highest BCUT2D eigenvalue weighted by Crippen LogP contribution is 2.29. The van der Waals surface area contributed by atoms with E-state index < -0.39 is 0 Å². The summed E-state index contributed by atoms with van der Waals surface area (Å²) in [6.45, 7) is 5.88. The highest BCUT2D eigenvalue weighted by molar-refractivity contribution is 5.83. The van der Waals surface area contributed by atoms with E-state index in [1.54, 1.807) is 6.20 Å². The molecule has 2 aromatic heterocycles. The van der Waals surface area contributed by atoms with Crippen molar-refractivity contribution in [1.82, 2.24) is 14.9 Å². The maximum atomic E-state index is 12.7. The van der Waals surface area contributed by atoms with E-state index in [9.17, 15) is 4.79 Å². The van der Waals surface area contributed by atoms with Crippen LogP contribution in [0.3, 0.4) is 0 Å². The highest BCUT2D eigenvalue weighted by Gasteiger charge is 2.20. The zero-order chi connectivity index (χ0) is 18.8. The molecular formula is C21H24N4O2. The van der Waals surface area contributed by atoms with Crippen LogP contribution >= 0.6 is 0 Å². The van der Waals surface area contributed by atoms with Gasteiger partial charge in [0.05, 0.1) is 16.5 Å². The van der Waals surface area contributed by atoms with Crippen molar-refractivity contribution in [2.45, 2.75) is 19.8 Å². The van der Waals surface area contributed by atoms with E-state index in [0.29, 0.717) is 16.8 Å². The molecule has 1 aromatic carbocycles. The molecule has 27 heavy (non-hydrogen) atoms. The minimum absolute atomic E-state index is 0.335. The van der Waals surface area contributed by atoms with Crippen molar-refractivity contribution in [3.05, 3.63) is 52.5 Å². The van der Waals surface area contributed by atoms with Crippen LogP contribution in [0.15, 0.2) is 45.7 Å². The van der Waals surface area contributed by atoms with Crippen molar-refractivity contribution in [2.75, 3.05) is 38.1 Å². The van der Waals surface area contributed by atoms with Crippen molar-refractivity contribution in [1.29, 1.82) is 0 Å². The summed E-state index contributed by atoms with van der Waals surface area (Å²) in [4.78, 5) is 26.5. The fourth-order valence-corrected chi connectivity index (χ4v) is 3.67. The molecule has 3 heterocycles. The van der Waals surface area contributed by atoms with Gasteiger partial charge in [-0.15, -0.1) is 0 Å². The summed E-state index contributed by atoms with van der Waals surface area (Å²) in [5, 5.41) is 0.575. The van der Waals surface area contributed by atoms with Gasteiger partial charge in [-0.1, -0.05) is 19.1 Å². The number of anilines is 1. The average Bonchev–Trinajstić information content (AvgIpc) is 2.91. The minimum Gasteiger partial charge on any atom is -0.403 e. The van der Waals surface area contributed by atoms with Crippen LogP contribution in [-0.2, 0) is 6.42 Å². The number of benzene rings is 1. The van der Waals surface area contributed by atoms with Crippen molar-refractivity contribution in [3.63, 3.8) is 0 Å². The molecule has 0 amide bonds. The number of aryl methyl sites for hydroxylation is 1. The van der Waals surface area contributed by atoms with E-state index in [1.807, 2.05) is 37.3 Å². The smallest absolute Gasteiger partial charge is 0.347 e. The molecule has 140 valence electrons. The summed E-state index contributed by atoms with van der Waals surface area (Å²) in [5.41, 5.74) is 2.06. The van der Waals surface area contributed by atoms with Gasteiger partial charge in [0.1, 0.15) is 5.82 Å². The molecule has 0 N–H and O–H groups in total. The Kier molecular flexibility index (Phi) is 4.90. The highest BCUT2D eigenvalue weighted by atomic mass is 16.4. The Morgan fingerprint density at radius 1 is 1.11 bits per heavy atom. The first-order valence-corrected chi connectivity index (χ1v) is 9.49. The van der Waals surface area contributed by atoms with Gasteiger partial charge < -0.3 is 14.2 Å². The monoisotopic (exact) mass is 364 g/mol. The predicted octanol–water partition coefficient (Wildman–Crippen LogP) is 2.95. The van der Waals surface area contributed by atoms with Gasteiger partial charge in [0.25, 0.3) is 0 Å². The van der Waals surface area contributed by atoms with E-state index in [1.165, 1.54) is 0 Å². The molecule has 0 atom stereocenters. The van der Waals surface area contributed by atoms with Gasteiger partial charge in [-0.05, 0) is 50.2 Å². The molecule has 0 radical (unpaired) electrons. The number of fused-ring (bicyclic) bond motifs is 1. The third-order valence-electron chi connectivity index (χ3n) is 5.16. The second kappa shape index (κ2) is 7.48. The molecule has 1 aliphatic heterocycles. The van der Waals surface area contributed by atoms with Crippen LogP contribution in [0.5, 0.6) is 0 Å². The summed E-state index contributed by atoms with van der Waals surface area (Å²) >= 11 is 0. The lowest BCUT2D eigenvalue weighted by Crippen LogP contribution is -2.29. The predicted molar refractivity (Wildman–Crippen MR) is 107 cm³/mol. The van der Waals surface area contributed by atoms with E-state index in [4.69, 9.17) is 4.42 Å². The molecule has 1 aliphatic rings. The lowest BCUT2D eigenvalue weighted by molar-refractivity contribution is 0.360. The summed E-state index contributed by atoms with van der Waals surface area (Å²) in [5.74, 6) is 1.16. The fourth-order valence-electron chi connectivity index (χ4n) is 3.67. The maximum Gasteiger partial charge on any atom is 0.347 e. The Morgan fingerprint density at radius 3 is 2.85 bits per heavy atom. The number of nitrogens with zero attached hydrogens (tertiary/aromatic N) is 4. The number of aromatic nitrogens is 2. The van der Waals surface area contributed by atoms with Gasteiger partial charge >= 0.3 is 5.63 Å². The molecule has 6 nitrogen and oxygen atoms in total. The molecule has 1 fully saturated rings. The first kappa shape index (κ1) is 17.7. The lowest BCUT2D eigenvalue weighted by Gasteiger charge is -2.23. The van der Waals surface area contributed by atoms with Gasteiger partial charge in [0.15, 0.2) is 0 Å². The van der Waals surface area contributed by atoms with Gasteiger partial charge in [-0.25, -0.2) is 14.8 Å². The number of pyridine rings is 1. The summed E-state index contributed by atoms with van der Waals surface area (Å²) in [6.07, 6.45) is 3.62. The molecule has 3 aromatic rings. The molecule has 0 spiro atoms. The van der Waals surface area contributed by atoms with E-state index in [-0.39, 0.29) is 5.63 Å². The number of likely N-dealkylation sites (N-methyl/N-ethyl adjacent to an activating group) is 1. The van der Waals surface area contributed by atoms with Crippen LogP contribution in [0.25, 0.3) is 22.4 Å². The van der Waals surface area contributed by atoms with Crippen molar-refractivity contribution >= 4 is 16.7 Å². The molecule has 0 bridgehead atoms. The normalized spacial score (nSPS) is 15.9. The van der Waals surface area contributed by atoms with Gasteiger partial charge in [-0.2, -0.15) is 0 Å². The van der Waals surface area contributed by atoms with E-state index >= 15 is 0 Å². The second-order valence-corrected chi connectivity index (χ2v) is 6.99. The summed E-state index contributed by atoms with van der Waals surface area (Å²) in [6, 6.07) is 9.54. The van der Waals surface area contributed by atoms with Crippen LogP contribution in [0.2, 0.25) is 0 Å². The van der Waals surface area contributed by atoms with Crippen LogP contribution in [0.1, 0.15) is 18.9 Å². The second-order valence-electron chi connectivity index (χ2n) is 6.99. The Labute approximate surface area is 158 Å². The Hall–Kier alpha value is -2.73. The molecule has 0 unspecified atom stereocenters. The number of hydrogen-bond acceptors (Lipinski definition) is 6. The summed E-state index contributed by atoms with van der Waals surface area (Å²) in [7, 11) is 2.14. The molecule has 1 saturated heterocycles. The molecule has 0 saturated carbocycles. The van der Waals surface area contributed by atoms with Gasteiger partial charge in [0, 0.05) is 25.8 Å². The standard InChI is InChI=1S/C21H24N4O2/c1-3-15-7-4-9-17-18(15)21(26)27-20(23-17)16-8-5-10-22-19(16)25-12-6-11-24(2)13-14-25/h4-5,7-10H,3,6,11-14H2,1-2H3. The van der Waals surface area contributed by atoms with Crippen LogP contribution in [0, 0.1) is 0 Å². The average molecular weight is 364 g/mol. The Balaban J connectivity index is 1.82. The molecular weight excluding hydrogens is 340 g/mol. The molecule has 4 rings (SSSR count). The van der Waals surface area contributed by atoms with Crippen LogP contribution in [-0.4, -0.2) is 48.1 Å². The van der Waals surface area contributed by atoms with Crippen molar-refractivity contribution in [2.24, 2.45) is 0 Å². The van der Waals surface area contributed by atoms with E-state index in [2.05, 4.69) is 26.8 Å². The first-order valence-electron chi connectivity index (χ1n) is 9.49. The zero-order valence-corrected chi connectivity index (χ0v) is 15.8. The maximum absolute atomic E-state index is 12.7. The lowest BCUT2D eigenvalue weighted by atomic mass is 10.1. The SMILES string of the molecule is CCc1cccc2nc(-c3cccnc3N3CCCN(C)CC3)oc(=O)c12. The Morgan fingerprint density at radius 2 is 2.00 bits per heavy atom. The number of hydrogen-bond donors (Lipinski definition) is 0. The first-order chi connectivity index (χ1) is 13.2. The topological polar surface area (TPSA) is 62.5 Å². The van der Waals surface area contributed by atoms with Crippen molar-refractivity contribution < 1.29 is 4.42 Å². The van der Waals surface area contributed by atoms with Crippen molar-refractivity contribution in [3.8, 4) is 11.5 Å². The molecule has 0 aliphatic carbocycles. The Bertz CT molecular complexity index is 1010. The fraction of sp³-hybridized carbons (Fsp3) is 0.381. The molecule has 6 heteroatoms. The third-order valence-corrected chi connectivity index (χ3v) is 5.16. The van der Waals surface area contributed by atoms with E-state index in [0.717, 1.165) is 56.0 Å². The van der Waals surface area contributed by atoms with Gasteiger partial charge in [-0.3, -0.25) is 0 Å². The number of rotatable bonds is 3. The minimum atomic E-state index is -0.335. The van der Waals surface area contributed by atoms with Crippen LogP contribution < -0.4 is 10.5 Å². The van der Waals surface area contributed by atoms with Crippen LogP contribution in [0.4, 0.5) is 5.82 Å². The third kappa shape index (κ3) is 3.45. The largest absolute Gasteiger partial charge is 0.403 e. The van der Waals surface area contributed by atoms with Gasteiger partial charge in [0.2, 0.25) is 5.89 Å². The quantitative estimate of drug-likeness (QED) is 0.712. The summed E-state index contributed by atoms with van der Waals surface area (Å²) < 4.78 is 5.66. The zero-order valence-electron chi connectivity index (χ0n) is 15.8.